The molecule has 2 aliphatic rings. The van der Waals surface area contributed by atoms with E-state index in [0.717, 1.165) is 25.6 Å². The van der Waals surface area contributed by atoms with E-state index in [2.05, 4.69) is 62.1 Å². The van der Waals surface area contributed by atoms with Crippen molar-refractivity contribution in [3.63, 3.8) is 0 Å². The quantitative estimate of drug-likeness (QED) is 0.741. The number of hydrogen-bond acceptors (Lipinski definition) is 4. The van der Waals surface area contributed by atoms with E-state index in [0.29, 0.717) is 11.5 Å². The zero-order valence-corrected chi connectivity index (χ0v) is 19.3. The van der Waals surface area contributed by atoms with Gasteiger partial charge in [-0.1, -0.05) is 6.92 Å². The average molecular weight is 383 g/mol. The molecule has 0 saturated carbocycles. The van der Waals surface area contributed by atoms with Crippen molar-refractivity contribution in [1.29, 1.82) is 0 Å². The number of amides is 1. The molecule has 2 N–H and O–H groups in total. The first-order valence-corrected chi connectivity index (χ1v) is 11.0. The number of carbonyl (C=O) groups excluding carboxylic acids is 1. The summed E-state index contributed by atoms with van der Waals surface area (Å²) in [7, 11) is 2.06. The summed E-state index contributed by atoms with van der Waals surface area (Å²) in [5.41, 5.74) is 0.542. The normalized spacial score (nSPS) is 23.6. The lowest BCUT2D eigenvalue weighted by Crippen LogP contribution is -2.45. The fourth-order valence-electron chi connectivity index (χ4n) is 4.06. The Morgan fingerprint density at radius 1 is 1.00 bits per heavy atom. The molecule has 0 aliphatic carbocycles. The third kappa shape index (κ3) is 8.49. The predicted octanol–water partition coefficient (Wildman–Crippen LogP) is 2.96. The minimum absolute atomic E-state index is 0.208. The topological polar surface area (TPSA) is 47.6 Å². The standard InChI is InChI=1S/C11H22N2O.C11H24N2/c1-8(2)12-11(14)10-5-6-13(7-10)9(3)4;1-10(2)13-7-5-11(3,6-8-13)9-12-4/h8-10H,5-7H2,1-4H3,(H,12,14);10,12H,5-9H2,1-4H3. The zero-order valence-electron chi connectivity index (χ0n) is 19.3. The second-order valence-electron chi connectivity index (χ2n) is 9.71. The van der Waals surface area contributed by atoms with Crippen molar-refractivity contribution in [1.82, 2.24) is 20.4 Å². The highest BCUT2D eigenvalue weighted by Gasteiger charge is 2.30. The smallest absolute Gasteiger partial charge is 0.224 e. The van der Waals surface area contributed by atoms with Gasteiger partial charge in [-0.3, -0.25) is 4.79 Å². The van der Waals surface area contributed by atoms with Crippen molar-refractivity contribution in [2.24, 2.45) is 11.3 Å². The molecule has 5 heteroatoms. The Bertz CT molecular complexity index is 428. The van der Waals surface area contributed by atoms with Gasteiger partial charge in [-0.25, -0.2) is 0 Å². The molecule has 0 aromatic carbocycles. The highest BCUT2D eigenvalue weighted by atomic mass is 16.2. The highest BCUT2D eigenvalue weighted by molar-refractivity contribution is 5.79. The van der Waals surface area contributed by atoms with E-state index < -0.39 is 0 Å². The third-order valence-corrected chi connectivity index (χ3v) is 6.09. The number of nitrogens with one attached hydrogen (secondary N) is 2. The molecule has 5 nitrogen and oxygen atoms in total. The molecular formula is C22H46N4O. The van der Waals surface area contributed by atoms with Gasteiger partial charge in [0.25, 0.3) is 0 Å². The van der Waals surface area contributed by atoms with Gasteiger partial charge in [0.05, 0.1) is 5.92 Å². The number of piperidine rings is 1. The third-order valence-electron chi connectivity index (χ3n) is 6.09. The van der Waals surface area contributed by atoms with Gasteiger partial charge >= 0.3 is 0 Å². The van der Waals surface area contributed by atoms with Crippen LogP contribution in [0.3, 0.4) is 0 Å². The van der Waals surface area contributed by atoms with Gasteiger partial charge in [0.15, 0.2) is 0 Å². The van der Waals surface area contributed by atoms with E-state index in [1.165, 1.54) is 32.5 Å². The number of likely N-dealkylation sites (tertiary alicyclic amines) is 2. The van der Waals surface area contributed by atoms with Crippen LogP contribution >= 0.6 is 0 Å². The van der Waals surface area contributed by atoms with E-state index in [1.807, 2.05) is 13.8 Å². The maximum Gasteiger partial charge on any atom is 0.224 e. The highest BCUT2D eigenvalue weighted by Crippen LogP contribution is 2.30. The van der Waals surface area contributed by atoms with Gasteiger partial charge in [0, 0.05) is 31.2 Å². The monoisotopic (exact) mass is 382 g/mol. The fourth-order valence-corrected chi connectivity index (χ4v) is 4.06. The minimum atomic E-state index is 0.208. The average Bonchev–Trinajstić information content (AvgIpc) is 3.05. The summed E-state index contributed by atoms with van der Waals surface area (Å²) in [4.78, 5) is 16.6. The van der Waals surface area contributed by atoms with Crippen LogP contribution < -0.4 is 10.6 Å². The molecule has 2 rings (SSSR count). The SMILES string of the molecule is CC(C)NC(=O)C1CCN(C(C)C)C1.CNCC1(C)CCN(C(C)C)CC1. The summed E-state index contributed by atoms with van der Waals surface area (Å²) in [5.74, 6) is 0.433. The molecule has 0 aromatic rings. The molecule has 1 atom stereocenters. The van der Waals surface area contributed by atoms with Gasteiger partial charge in [0.1, 0.15) is 0 Å². The molecule has 2 saturated heterocycles. The molecule has 1 unspecified atom stereocenters. The molecular weight excluding hydrogens is 336 g/mol. The second-order valence-corrected chi connectivity index (χ2v) is 9.71. The summed E-state index contributed by atoms with van der Waals surface area (Å²) in [6.07, 6.45) is 3.69. The van der Waals surface area contributed by atoms with Crippen LogP contribution in [0.4, 0.5) is 0 Å². The Morgan fingerprint density at radius 2 is 1.56 bits per heavy atom. The van der Waals surface area contributed by atoms with Crippen LogP contribution in [0.15, 0.2) is 0 Å². The molecule has 27 heavy (non-hydrogen) atoms. The molecule has 2 aliphatic heterocycles. The van der Waals surface area contributed by atoms with Crippen molar-refractivity contribution in [3.8, 4) is 0 Å². The molecule has 0 aromatic heterocycles. The molecule has 0 radical (unpaired) electrons. The van der Waals surface area contributed by atoms with Crippen LogP contribution in [0, 0.1) is 11.3 Å². The fraction of sp³-hybridized carbons (Fsp3) is 0.955. The van der Waals surface area contributed by atoms with E-state index in [-0.39, 0.29) is 17.9 Å². The largest absolute Gasteiger partial charge is 0.354 e. The first-order chi connectivity index (χ1) is 12.6. The minimum Gasteiger partial charge on any atom is -0.354 e. The number of carbonyl (C=O) groups is 1. The predicted molar refractivity (Wildman–Crippen MR) is 116 cm³/mol. The van der Waals surface area contributed by atoms with Crippen LogP contribution in [-0.2, 0) is 4.79 Å². The lowest BCUT2D eigenvalue weighted by molar-refractivity contribution is -0.125. The summed E-state index contributed by atoms with van der Waals surface area (Å²) in [5, 5.41) is 6.28. The molecule has 0 spiro atoms. The Hall–Kier alpha value is -0.650. The van der Waals surface area contributed by atoms with E-state index in [9.17, 15) is 4.79 Å². The zero-order chi connectivity index (χ0) is 20.6. The molecule has 1 amide bonds. The van der Waals surface area contributed by atoms with Crippen LogP contribution in [-0.4, -0.2) is 73.6 Å². The number of rotatable bonds is 6. The summed E-state index contributed by atoms with van der Waals surface area (Å²) < 4.78 is 0. The first kappa shape index (κ1) is 24.4. The van der Waals surface area contributed by atoms with Crippen LogP contribution in [0.5, 0.6) is 0 Å². The Kier molecular flexibility index (Phi) is 10.3. The lowest BCUT2D eigenvalue weighted by atomic mass is 9.80. The van der Waals surface area contributed by atoms with Crippen molar-refractivity contribution in [2.75, 3.05) is 39.8 Å². The summed E-state index contributed by atoms with van der Waals surface area (Å²) >= 11 is 0. The van der Waals surface area contributed by atoms with Crippen LogP contribution in [0.25, 0.3) is 0 Å². The van der Waals surface area contributed by atoms with Crippen molar-refractivity contribution < 1.29 is 4.79 Å². The van der Waals surface area contributed by atoms with Gasteiger partial charge in [-0.2, -0.15) is 0 Å². The number of nitrogens with zero attached hydrogens (tertiary/aromatic N) is 2. The molecule has 0 bridgehead atoms. The Morgan fingerprint density at radius 3 is 1.96 bits per heavy atom. The van der Waals surface area contributed by atoms with Crippen molar-refractivity contribution >= 4 is 5.91 Å². The van der Waals surface area contributed by atoms with Gasteiger partial charge in [-0.05, 0) is 92.9 Å². The lowest BCUT2D eigenvalue weighted by Gasteiger charge is -2.41. The maximum absolute atomic E-state index is 11.7. The van der Waals surface area contributed by atoms with E-state index >= 15 is 0 Å². The Labute approximate surface area is 168 Å². The van der Waals surface area contributed by atoms with Crippen LogP contribution in [0.1, 0.15) is 67.7 Å². The first-order valence-electron chi connectivity index (χ1n) is 11.0. The van der Waals surface area contributed by atoms with Crippen molar-refractivity contribution in [3.05, 3.63) is 0 Å². The van der Waals surface area contributed by atoms with Crippen molar-refractivity contribution in [2.45, 2.75) is 85.9 Å². The maximum atomic E-state index is 11.7. The summed E-state index contributed by atoms with van der Waals surface area (Å²) in [6, 6.07) is 1.54. The van der Waals surface area contributed by atoms with Crippen LogP contribution in [0.2, 0.25) is 0 Å². The number of hydrogen-bond donors (Lipinski definition) is 2. The molecule has 2 fully saturated rings. The van der Waals surface area contributed by atoms with Gasteiger partial charge in [-0.15, -0.1) is 0 Å². The van der Waals surface area contributed by atoms with E-state index in [1.54, 1.807) is 0 Å². The second kappa shape index (κ2) is 11.4. The van der Waals surface area contributed by atoms with Gasteiger partial charge in [0.2, 0.25) is 5.91 Å². The van der Waals surface area contributed by atoms with Gasteiger partial charge < -0.3 is 20.4 Å². The molecule has 2 heterocycles. The van der Waals surface area contributed by atoms with E-state index in [4.69, 9.17) is 0 Å². The summed E-state index contributed by atoms with van der Waals surface area (Å²) in [6.45, 7) is 21.1. The Balaban J connectivity index is 0.000000271. The molecule has 160 valence electrons.